The zero-order valence-corrected chi connectivity index (χ0v) is 12.1. The summed E-state index contributed by atoms with van der Waals surface area (Å²) in [5, 5.41) is 3.37. The summed E-state index contributed by atoms with van der Waals surface area (Å²) in [5.41, 5.74) is 5.70. The molecule has 5 heteroatoms. The lowest BCUT2D eigenvalue weighted by Gasteiger charge is -2.15. The first-order valence-electron chi connectivity index (χ1n) is 4.92. The monoisotopic (exact) mass is 338 g/mol. The Morgan fingerprint density at radius 1 is 1.47 bits per heavy atom. The maximum absolute atomic E-state index is 5.70. The third kappa shape index (κ3) is 3.90. The number of halogens is 2. The summed E-state index contributed by atoms with van der Waals surface area (Å²) in [4.78, 5) is 0. The molecule has 1 aromatic rings. The first kappa shape index (κ1) is 13.2. The van der Waals surface area contributed by atoms with Crippen molar-refractivity contribution in [3.05, 3.63) is 21.0 Å². The minimum absolute atomic E-state index is 0.0787. The van der Waals surface area contributed by atoms with E-state index in [2.05, 4.69) is 51.0 Å². The van der Waals surface area contributed by atoms with Crippen LogP contribution in [0.25, 0.3) is 0 Å². The van der Waals surface area contributed by atoms with E-state index in [-0.39, 0.29) is 6.04 Å². The standard InChI is InChI=1S/C10H16Br2N2O/c1-6(2)5-14-8(4-13)9-3-7(11)10(12)15-9/h3,6,8,14H,4-5,13H2,1-2H3. The van der Waals surface area contributed by atoms with E-state index < -0.39 is 0 Å². The molecule has 1 rings (SSSR count). The van der Waals surface area contributed by atoms with Gasteiger partial charge in [-0.05, 0) is 50.4 Å². The van der Waals surface area contributed by atoms with Gasteiger partial charge in [-0.15, -0.1) is 0 Å². The molecule has 15 heavy (non-hydrogen) atoms. The van der Waals surface area contributed by atoms with E-state index in [4.69, 9.17) is 10.2 Å². The summed E-state index contributed by atoms with van der Waals surface area (Å²) in [5.74, 6) is 1.46. The maximum atomic E-state index is 5.70. The van der Waals surface area contributed by atoms with E-state index >= 15 is 0 Å². The summed E-state index contributed by atoms with van der Waals surface area (Å²) in [6.07, 6.45) is 0. The first-order valence-corrected chi connectivity index (χ1v) is 6.51. The average Bonchev–Trinajstić information content (AvgIpc) is 2.47. The third-order valence-electron chi connectivity index (χ3n) is 2.02. The van der Waals surface area contributed by atoms with Crippen molar-refractivity contribution in [3.63, 3.8) is 0 Å². The molecule has 0 amide bonds. The van der Waals surface area contributed by atoms with Gasteiger partial charge in [0.25, 0.3) is 0 Å². The maximum Gasteiger partial charge on any atom is 0.183 e. The molecule has 0 aliphatic rings. The normalized spacial score (nSPS) is 13.5. The Kier molecular flexibility index (Phi) is 5.32. The Morgan fingerprint density at radius 2 is 2.13 bits per heavy atom. The predicted molar refractivity (Wildman–Crippen MR) is 68.7 cm³/mol. The van der Waals surface area contributed by atoms with Crippen LogP contribution < -0.4 is 11.1 Å². The van der Waals surface area contributed by atoms with Crippen LogP contribution in [0.2, 0.25) is 0 Å². The molecule has 86 valence electrons. The van der Waals surface area contributed by atoms with Gasteiger partial charge in [0.05, 0.1) is 10.5 Å². The molecule has 1 heterocycles. The fraction of sp³-hybridized carbons (Fsp3) is 0.600. The Hall–Kier alpha value is 0.160. The number of nitrogens with two attached hydrogens (primary N) is 1. The van der Waals surface area contributed by atoms with Crippen molar-refractivity contribution < 1.29 is 4.42 Å². The van der Waals surface area contributed by atoms with Crippen LogP contribution in [0.1, 0.15) is 25.6 Å². The molecule has 0 aliphatic carbocycles. The molecule has 0 saturated carbocycles. The van der Waals surface area contributed by atoms with Crippen molar-refractivity contribution in [2.75, 3.05) is 13.1 Å². The lowest BCUT2D eigenvalue weighted by Crippen LogP contribution is -2.30. The van der Waals surface area contributed by atoms with Gasteiger partial charge in [0.2, 0.25) is 0 Å². The topological polar surface area (TPSA) is 51.2 Å². The van der Waals surface area contributed by atoms with Crippen molar-refractivity contribution in [1.29, 1.82) is 0 Å². The second-order valence-corrected chi connectivity index (χ2v) is 5.44. The first-order chi connectivity index (χ1) is 7.04. The van der Waals surface area contributed by atoms with Gasteiger partial charge in [-0.2, -0.15) is 0 Å². The Morgan fingerprint density at radius 3 is 2.53 bits per heavy atom. The van der Waals surface area contributed by atoms with Gasteiger partial charge in [-0.25, -0.2) is 0 Å². The molecule has 0 spiro atoms. The molecule has 0 radical (unpaired) electrons. The lowest BCUT2D eigenvalue weighted by molar-refractivity contribution is 0.390. The van der Waals surface area contributed by atoms with E-state index in [0.717, 1.165) is 16.8 Å². The van der Waals surface area contributed by atoms with Crippen molar-refractivity contribution in [3.8, 4) is 0 Å². The van der Waals surface area contributed by atoms with Crippen molar-refractivity contribution in [2.24, 2.45) is 11.7 Å². The van der Waals surface area contributed by atoms with Crippen molar-refractivity contribution in [1.82, 2.24) is 5.32 Å². The number of nitrogens with one attached hydrogen (secondary N) is 1. The SMILES string of the molecule is CC(C)CNC(CN)c1cc(Br)c(Br)o1. The number of furan rings is 1. The molecule has 0 fully saturated rings. The second-order valence-electron chi connectivity index (χ2n) is 3.86. The molecular weight excluding hydrogens is 324 g/mol. The fourth-order valence-electron chi connectivity index (χ4n) is 1.21. The summed E-state index contributed by atoms with van der Waals surface area (Å²) < 4.78 is 7.16. The van der Waals surface area contributed by atoms with Crippen LogP contribution in [-0.2, 0) is 0 Å². The molecule has 0 aromatic carbocycles. The van der Waals surface area contributed by atoms with E-state index in [1.165, 1.54) is 0 Å². The smallest absolute Gasteiger partial charge is 0.183 e. The highest BCUT2D eigenvalue weighted by Crippen LogP contribution is 2.29. The molecule has 1 atom stereocenters. The Bertz CT molecular complexity index is 293. The largest absolute Gasteiger partial charge is 0.451 e. The lowest BCUT2D eigenvalue weighted by atomic mass is 10.2. The van der Waals surface area contributed by atoms with E-state index in [1.54, 1.807) is 0 Å². The molecule has 1 unspecified atom stereocenters. The Balaban J connectivity index is 2.65. The molecular formula is C10H16Br2N2O. The second kappa shape index (κ2) is 6.03. The van der Waals surface area contributed by atoms with Gasteiger partial charge in [-0.3, -0.25) is 0 Å². The van der Waals surface area contributed by atoms with Crippen LogP contribution in [0.5, 0.6) is 0 Å². The van der Waals surface area contributed by atoms with Crippen molar-refractivity contribution >= 4 is 31.9 Å². The molecule has 3 nitrogen and oxygen atoms in total. The number of rotatable bonds is 5. The van der Waals surface area contributed by atoms with Gasteiger partial charge >= 0.3 is 0 Å². The van der Waals surface area contributed by atoms with Gasteiger partial charge < -0.3 is 15.5 Å². The van der Waals surface area contributed by atoms with Crippen LogP contribution >= 0.6 is 31.9 Å². The van der Waals surface area contributed by atoms with Crippen LogP contribution in [-0.4, -0.2) is 13.1 Å². The number of hydrogen-bond donors (Lipinski definition) is 2. The van der Waals surface area contributed by atoms with E-state index in [9.17, 15) is 0 Å². The highest BCUT2D eigenvalue weighted by molar-refractivity contribution is 9.13. The van der Waals surface area contributed by atoms with Gasteiger partial charge in [0.15, 0.2) is 4.67 Å². The summed E-state index contributed by atoms with van der Waals surface area (Å²) in [7, 11) is 0. The van der Waals surface area contributed by atoms with Gasteiger partial charge in [0, 0.05) is 6.54 Å². The van der Waals surface area contributed by atoms with Crippen LogP contribution in [0, 0.1) is 5.92 Å². The van der Waals surface area contributed by atoms with Crippen LogP contribution in [0.3, 0.4) is 0 Å². The summed E-state index contributed by atoms with van der Waals surface area (Å²) in [6, 6.07) is 2.02. The predicted octanol–water partition coefficient (Wildman–Crippen LogP) is 3.05. The number of hydrogen-bond acceptors (Lipinski definition) is 3. The molecule has 3 N–H and O–H groups in total. The zero-order valence-electron chi connectivity index (χ0n) is 8.89. The van der Waals surface area contributed by atoms with E-state index in [0.29, 0.717) is 17.1 Å². The minimum Gasteiger partial charge on any atom is -0.451 e. The van der Waals surface area contributed by atoms with Gasteiger partial charge in [0.1, 0.15) is 5.76 Å². The summed E-state index contributed by atoms with van der Waals surface area (Å²) >= 11 is 6.70. The Labute approximate surface area is 107 Å². The molecule has 0 bridgehead atoms. The highest BCUT2D eigenvalue weighted by atomic mass is 79.9. The third-order valence-corrected chi connectivity index (χ3v) is 3.73. The fourth-order valence-corrected chi connectivity index (χ4v) is 1.82. The molecule has 0 aliphatic heterocycles. The highest BCUT2D eigenvalue weighted by Gasteiger charge is 2.15. The molecule has 1 aromatic heterocycles. The quantitative estimate of drug-likeness (QED) is 0.866. The van der Waals surface area contributed by atoms with E-state index in [1.807, 2.05) is 6.07 Å². The zero-order chi connectivity index (χ0) is 11.4. The van der Waals surface area contributed by atoms with Crippen molar-refractivity contribution in [2.45, 2.75) is 19.9 Å². The van der Waals surface area contributed by atoms with Crippen LogP contribution in [0.15, 0.2) is 19.6 Å². The van der Waals surface area contributed by atoms with Gasteiger partial charge in [-0.1, -0.05) is 13.8 Å². The van der Waals surface area contributed by atoms with Crippen LogP contribution in [0.4, 0.5) is 0 Å². The summed E-state index contributed by atoms with van der Waals surface area (Å²) in [6.45, 7) is 5.78. The average molecular weight is 340 g/mol. The minimum atomic E-state index is 0.0787. The molecule has 0 saturated heterocycles.